The molecule has 10 heavy (non-hydrogen) atoms. The summed E-state index contributed by atoms with van der Waals surface area (Å²) in [5.74, 6) is 0. The summed E-state index contributed by atoms with van der Waals surface area (Å²) in [7, 11) is 0. The lowest BCUT2D eigenvalue weighted by molar-refractivity contribution is 0.321. The highest BCUT2D eigenvalue weighted by Crippen LogP contribution is 2.59. The van der Waals surface area contributed by atoms with Crippen molar-refractivity contribution in [1.29, 1.82) is 0 Å². The topological polar surface area (TPSA) is 12.0 Å². The fourth-order valence-corrected chi connectivity index (χ4v) is 2.41. The molecule has 58 valence electrons. The molecule has 1 unspecified atom stereocenters. The molecule has 1 saturated heterocycles. The van der Waals surface area contributed by atoms with Gasteiger partial charge in [0.2, 0.25) is 0 Å². The van der Waals surface area contributed by atoms with E-state index in [-0.39, 0.29) is 0 Å². The van der Waals surface area contributed by atoms with E-state index >= 15 is 0 Å². The molecule has 1 aliphatic carbocycles. The van der Waals surface area contributed by atoms with Crippen molar-refractivity contribution in [3.63, 3.8) is 0 Å². The van der Waals surface area contributed by atoms with E-state index in [9.17, 15) is 0 Å². The van der Waals surface area contributed by atoms with Crippen molar-refractivity contribution in [1.82, 2.24) is 5.32 Å². The van der Waals surface area contributed by atoms with Crippen LogP contribution in [0, 0.1) is 5.41 Å². The summed E-state index contributed by atoms with van der Waals surface area (Å²) in [6.07, 6.45) is 5.65. The van der Waals surface area contributed by atoms with Crippen molar-refractivity contribution in [2.24, 2.45) is 5.41 Å². The van der Waals surface area contributed by atoms with Crippen molar-refractivity contribution in [2.45, 2.75) is 45.1 Å². The Kier molecular flexibility index (Phi) is 1.17. The average Bonchev–Trinajstić information content (AvgIpc) is 2.36. The highest BCUT2D eigenvalue weighted by molar-refractivity contribution is 5.17. The quantitative estimate of drug-likeness (QED) is 0.540. The monoisotopic (exact) mass is 139 g/mol. The molecule has 0 amide bonds. The zero-order valence-electron chi connectivity index (χ0n) is 7.04. The molecule has 1 atom stereocenters. The number of hydrogen-bond donors (Lipinski definition) is 1. The molecule has 1 heteroatoms. The van der Waals surface area contributed by atoms with E-state index in [4.69, 9.17) is 0 Å². The van der Waals surface area contributed by atoms with Gasteiger partial charge < -0.3 is 5.32 Å². The van der Waals surface area contributed by atoms with Crippen molar-refractivity contribution in [3.8, 4) is 0 Å². The van der Waals surface area contributed by atoms with Gasteiger partial charge in [-0.1, -0.05) is 20.3 Å². The number of rotatable bonds is 0. The van der Waals surface area contributed by atoms with Crippen molar-refractivity contribution >= 4 is 0 Å². The molecule has 0 radical (unpaired) electrons. The zero-order valence-corrected chi connectivity index (χ0v) is 7.04. The van der Waals surface area contributed by atoms with Gasteiger partial charge >= 0.3 is 0 Å². The third-order valence-electron chi connectivity index (χ3n) is 3.41. The number of nitrogens with one attached hydrogen (secondary N) is 1. The first-order chi connectivity index (χ1) is 4.66. The zero-order chi connectivity index (χ0) is 7.24. The smallest absolute Gasteiger partial charge is 0.0238 e. The molecule has 0 bridgehead atoms. The Balaban J connectivity index is 2.05. The average molecular weight is 139 g/mol. The largest absolute Gasteiger partial charge is 0.311 e. The predicted molar refractivity (Wildman–Crippen MR) is 43.0 cm³/mol. The minimum absolute atomic E-state index is 0.575. The van der Waals surface area contributed by atoms with Gasteiger partial charge in [0.25, 0.3) is 0 Å². The molecule has 1 spiro atoms. The summed E-state index contributed by atoms with van der Waals surface area (Å²) in [6.45, 7) is 6.01. The first-order valence-corrected chi connectivity index (χ1v) is 4.41. The van der Waals surface area contributed by atoms with Crippen LogP contribution in [0.15, 0.2) is 0 Å². The van der Waals surface area contributed by atoms with E-state index in [0.29, 0.717) is 11.0 Å². The first kappa shape index (κ1) is 6.66. The maximum atomic E-state index is 3.66. The Morgan fingerprint density at radius 1 is 1.20 bits per heavy atom. The highest BCUT2D eigenvalue weighted by Gasteiger charge is 2.60. The van der Waals surface area contributed by atoms with Crippen LogP contribution in [0.3, 0.4) is 0 Å². The molecule has 2 fully saturated rings. The van der Waals surface area contributed by atoms with Gasteiger partial charge in [0.05, 0.1) is 0 Å². The van der Waals surface area contributed by atoms with E-state index in [0.717, 1.165) is 0 Å². The molecule has 1 N–H and O–H groups in total. The number of hydrogen-bond acceptors (Lipinski definition) is 1. The summed E-state index contributed by atoms with van der Waals surface area (Å²) in [5.41, 5.74) is 1.18. The molecule has 2 rings (SSSR count). The Hall–Kier alpha value is -0.0400. The minimum atomic E-state index is 0.575. The summed E-state index contributed by atoms with van der Waals surface area (Å²) in [5, 5.41) is 3.66. The highest BCUT2D eigenvalue weighted by atomic mass is 15.1. The van der Waals surface area contributed by atoms with Crippen LogP contribution in [0.1, 0.15) is 39.5 Å². The second-order valence-electron chi connectivity index (χ2n) is 4.53. The molecule has 0 aromatic carbocycles. The molecule has 1 saturated carbocycles. The molecule has 1 aliphatic heterocycles. The Bertz CT molecular complexity index is 143. The first-order valence-electron chi connectivity index (χ1n) is 4.41. The van der Waals surface area contributed by atoms with Crippen LogP contribution in [0.25, 0.3) is 0 Å². The molecule has 1 heterocycles. The van der Waals surface area contributed by atoms with Gasteiger partial charge in [-0.05, 0) is 31.2 Å². The van der Waals surface area contributed by atoms with Crippen LogP contribution in [0.4, 0.5) is 0 Å². The minimum Gasteiger partial charge on any atom is -0.311 e. The molecule has 0 aromatic heterocycles. The second kappa shape index (κ2) is 1.76. The Morgan fingerprint density at radius 3 is 2.20 bits per heavy atom. The van der Waals surface area contributed by atoms with E-state index < -0.39 is 0 Å². The summed E-state index contributed by atoms with van der Waals surface area (Å²) < 4.78 is 0. The van der Waals surface area contributed by atoms with Gasteiger partial charge in [-0.15, -0.1) is 0 Å². The fraction of sp³-hybridized carbons (Fsp3) is 1.00. The van der Waals surface area contributed by atoms with Crippen LogP contribution < -0.4 is 5.32 Å². The standard InChI is InChI=1S/C9H17N/c1-8(2)7-9(8)5-3-4-6-10-9/h10H,3-7H2,1-2H3. The van der Waals surface area contributed by atoms with Crippen LogP contribution in [0.5, 0.6) is 0 Å². The van der Waals surface area contributed by atoms with E-state index in [1.807, 2.05) is 0 Å². The van der Waals surface area contributed by atoms with Gasteiger partial charge in [-0.3, -0.25) is 0 Å². The lowest BCUT2D eigenvalue weighted by Gasteiger charge is -2.26. The van der Waals surface area contributed by atoms with Crippen LogP contribution in [0.2, 0.25) is 0 Å². The van der Waals surface area contributed by atoms with E-state index in [1.165, 1.54) is 32.2 Å². The van der Waals surface area contributed by atoms with E-state index in [1.54, 1.807) is 0 Å². The normalized spacial score (nSPS) is 43.8. The molecule has 1 nitrogen and oxygen atoms in total. The SMILES string of the molecule is CC1(C)CC12CCCCN2. The van der Waals surface area contributed by atoms with Crippen LogP contribution in [-0.2, 0) is 0 Å². The van der Waals surface area contributed by atoms with Gasteiger partial charge in [0.15, 0.2) is 0 Å². The summed E-state index contributed by atoms with van der Waals surface area (Å²) >= 11 is 0. The van der Waals surface area contributed by atoms with Crippen LogP contribution >= 0.6 is 0 Å². The van der Waals surface area contributed by atoms with Gasteiger partial charge in [-0.2, -0.15) is 0 Å². The third kappa shape index (κ3) is 0.731. The Morgan fingerprint density at radius 2 is 1.90 bits per heavy atom. The van der Waals surface area contributed by atoms with Crippen LogP contribution in [-0.4, -0.2) is 12.1 Å². The third-order valence-corrected chi connectivity index (χ3v) is 3.41. The molecule has 2 aliphatic rings. The fourth-order valence-electron chi connectivity index (χ4n) is 2.41. The lowest BCUT2D eigenvalue weighted by Crippen LogP contribution is -2.39. The van der Waals surface area contributed by atoms with Crippen molar-refractivity contribution in [3.05, 3.63) is 0 Å². The molecular formula is C9H17N. The number of piperidine rings is 1. The van der Waals surface area contributed by atoms with Gasteiger partial charge in [0, 0.05) is 5.54 Å². The maximum absolute atomic E-state index is 3.66. The Labute approximate surface area is 63.2 Å². The maximum Gasteiger partial charge on any atom is 0.0238 e. The van der Waals surface area contributed by atoms with Crippen molar-refractivity contribution < 1.29 is 0 Å². The van der Waals surface area contributed by atoms with Crippen molar-refractivity contribution in [2.75, 3.05) is 6.54 Å². The molecular weight excluding hydrogens is 122 g/mol. The second-order valence-corrected chi connectivity index (χ2v) is 4.53. The lowest BCUT2D eigenvalue weighted by atomic mass is 9.95. The van der Waals surface area contributed by atoms with Gasteiger partial charge in [0.1, 0.15) is 0 Å². The molecule has 0 aromatic rings. The van der Waals surface area contributed by atoms with E-state index in [2.05, 4.69) is 19.2 Å². The van der Waals surface area contributed by atoms with Gasteiger partial charge in [-0.25, -0.2) is 0 Å². The summed E-state index contributed by atoms with van der Waals surface area (Å²) in [4.78, 5) is 0. The summed E-state index contributed by atoms with van der Waals surface area (Å²) in [6, 6.07) is 0. The predicted octanol–water partition coefficient (Wildman–Crippen LogP) is 1.93.